The molecule has 2 rings (SSSR count). The van der Waals surface area contributed by atoms with Crippen molar-refractivity contribution in [2.45, 2.75) is 19.9 Å². The van der Waals surface area contributed by atoms with Gasteiger partial charge in [0.05, 0.1) is 18.1 Å². The van der Waals surface area contributed by atoms with Gasteiger partial charge in [-0.2, -0.15) is 0 Å². The molecular weight excluding hydrogens is 334 g/mol. The van der Waals surface area contributed by atoms with Gasteiger partial charge in [-0.05, 0) is 24.1 Å². The third kappa shape index (κ3) is 5.67. The summed E-state index contributed by atoms with van der Waals surface area (Å²) in [4.78, 5) is 31.8. The Hall–Kier alpha value is -3.26. The van der Waals surface area contributed by atoms with Crippen LogP contribution in [0.5, 0.6) is 0 Å². The van der Waals surface area contributed by atoms with Crippen LogP contribution in [0.2, 0.25) is 0 Å². The van der Waals surface area contributed by atoms with Crippen molar-refractivity contribution >= 4 is 29.4 Å². The molecule has 4 N–H and O–H groups in total. The van der Waals surface area contributed by atoms with Gasteiger partial charge in [-0.25, -0.2) is 10.5 Å². The zero-order valence-electron chi connectivity index (χ0n) is 14.5. The van der Waals surface area contributed by atoms with Crippen LogP contribution in [0.1, 0.15) is 19.5 Å². The first-order valence-electron chi connectivity index (χ1n) is 8.06. The van der Waals surface area contributed by atoms with Gasteiger partial charge in [0.15, 0.2) is 0 Å². The van der Waals surface area contributed by atoms with Crippen molar-refractivity contribution in [2.24, 2.45) is 5.92 Å². The average Bonchev–Trinajstić information content (AvgIpc) is 2.65. The van der Waals surface area contributed by atoms with E-state index >= 15 is 0 Å². The normalized spacial score (nSPS) is 12.0. The summed E-state index contributed by atoms with van der Waals surface area (Å²) in [6.07, 6.45) is 5.46. The Kier molecular flexibility index (Phi) is 6.81. The summed E-state index contributed by atoms with van der Waals surface area (Å²) < 4.78 is 0. The molecule has 26 heavy (non-hydrogen) atoms. The Bertz CT molecular complexity index is 760. The largest absolute Gasteiger partial charge is 0.357 e. The molecule has 2 amide bonds. The Labute approximate surface area is 151 Å². The van der Waals surface area contributed by atoms with Crippen LogP contribution in [0.4, 0.5) is 11.5 Å². The molecule has 0 fully saturated rings. The van der Waals surface area contributed by atoms with Gasteiger partial charge in [-0.3, -0.25) is 19.8 Å². The second-order valence-electron chi connectivity index (χ2n) is 5.86. The van der Waals surface area contributed by atoms with E-state index in [1.807, 2.05) is 44.2 Å². The molecule has 136 valence electrons. The van der Waals surface area contributed by atoms with Crippen molar-refractivity contribution in [3.8, 4) is 0 Å². The number of benzene rings is 1. The van der Waals surface area contributed by atoms with Crippen molar-refractivity contribution in [1.29, 1.82) is 0 Å². The van der Waals surface area contributed by atoms with E-state index < -0.39 is 11.9 Å². The Morgan fingerprint density at radius 3 is 2.42 bits per heavy atom. The fraction of sp³-hybridized carbons (Fsp3) is 0.222. The van der Waals surface area contributed by atoms with E-state index in [4.69, 9.17) is 5.21 Å². The topological polar surface area (TPSA) is 116 Å². The molecule has 0 saturated heterocycles. The SMILES string of the molecule is CC(C)[C@@H](Nc1cnc(C=CC(=O)NO)cn1)C(=O)Nc1ccccc1. The molecule has 0 saturated carbocycles. The van der Waals surface area contributed by atoms with E-state index in [1.165, 1.54) is 23.9 Å². The van der Waals surface area contributed by atoms with Gasteiger partial charge in [0.2, 0.25) is 5.91 Å². The lowest BCUT2D eigenvalue weighted by Crippen LogP contribution is -2.39. The number of carbonyl (C=O) groups excluding carboxylic acids is 2. The predicted molar refractivity (Wildman–Crippen MR) is 98.3 cm³/mol. The van der Waals surface area contributed by atoms with Crippen LogP contribution in [0.25, 0.3) is 6.08 Å². The van der Waals surface area contributed by atoms with E-state index in [9.17, 15) is 9.59 Å². The molecule has 0 aliphatic carbocycles. The van der Waals surface area contributed by atoms with Gasteiger partial charge in [0.25, 0.3) is 5.91 Å². The van der Waals surface area contributed by atoms with Gasteiger partial charge < -0.3 is 10.6 Å². The Balaban J connectivity index is 2.04. The zero-order chi connectivity index (χ0) is 18.9. The third-order valence-corrected chi connectivity index (χ3v) is 3.48. The summed E-state index contributed by atoms with van der Waals surface area (Å²) in [7, 11) is 0. The number of nitrogens with one attached hydrogen (secondary N) is 3. The van der Waals surface area contributed by atoms with Crippen molar-refractivity contribution in [3.05, 3.63) is 54.5 Å². The lowest BCUT2D eigenvalue weighted by atomic mass is 10.0. The number of anilines is 2. The van der Waals surface area contributed by atoms with Crippen LogP contribution in [0.3, 0.4) is 0 Å². The summed E-state index contributed by atoms with van der Waals surface area (Å²) in [5, 5.41) is 14.4. The highest BCUT2D eigenvalue weighted by atomic mass is 16.5. The van der Waals surface area contributed by atoms with Gasteiger partial charge >= 0.3 is 0 Å². The number of hydrogen-bond acceptors (Lipinski definition) is 6. The van der Waals surface area contributed by atoms with Crippen molar-refractivity contribution < 1.29 is 14.8 Å². The summed E-state index contributed by atoms with van der Waals surface area (Å²) in [6.45, 7) is 3.86. The van der Waals surface area contributed by atoms with E-state index in [2.05, 4.69) is 20.6 Å². The maximum absolute atomic E-state index is 12.5. The molecule has 0 radical (unpaired) electrons. The monoisotopic (exact) mass is 355 g/mol. The predicted octanol–water partition coefficient (Wildman–Crippen LogP) is 2.07. The van der Waals surface area contributed by atoms with Gasteiger partial charge in [-0.1, -0.05) is 32.0 Å². The maximum atomic E-state index is 12.5. The minimum absolute atomic E-state index is 0.0216. The summed E-state index contributed by atoms with van der Waals surface area (Å²) in [6, 6.07) is 8.72. The molecule has 2 aromatic rings. The second-order valence-corrected chi connectivity index (χ2v) is 5.86. The minimum Gasteiger partial charge on any atom is -0.357 e. The minimum atomic E-state index is -0.661. The zero-order valence-corrected chi connectivity index (χ0v) is 14.5. The number of aromatic nitrogens is 2. The number of amides is 2. The number of hydrogen-bond donors (Lipinski definition) is 4. The molecule has 1 aromatic heterocycles. The van der Waals surface area contributed by atoms with Gasteiger partial charge in [0, 0.05) is 11.8 Å². The average molecular weight is 355 g/mol. The fourth-order valence-corrected chi connectivity index (χ4v) is 2.13. The molecule has 1 atom stereocenters. The molecule has 0 unspecified atom stereocenters. The van der Waals surface area contributed by atoms with Crippen molar-refractivity contribution in [2.75, 3.05) is 10.6 Å². The lowest BCUT2D eigenvalue weighted by Gasteiger charge is -2.22. The number of hydroxylamine groups is 1. The van der Waals surface area contributed by atoms with Crippen LogP contribution in [-0.2, 0) is 9.59 Å². The smallest absolute Gasteiger partial charge is 0.267 e. The Morgan fingerprint density at radius 2 is 1.85 bits per heavy atom. The second kappa shape index (κ2) is 9.28. The van der Waals surface area contributed by atoms with E-state index in [1.54, 1.807) is 0 Å². The number of nitrogens with zero attached hydrogens (tertiary/aromatic N) is 2. The van der Waals surface area contributed by atoms with Crippen molar-refractivity contribution in [3.63, 3.8) is 0 Å². The van der Waals surface area contributed by atoms with Crippen LogP contribution >= 0.6 is 0 Å². The lowest BCUT2D eigenvalue weighted by molar-refractivity contribution is -0.124. The molecule has 0 aliphatic heterocycles. The Morgan fingerprint density at radius 1 is 1.12 bits per heavy atom. The van der Waals surface area contributed by atoms with E-state index in [0.29, 0.717) is 11.5 Å². The summed E-state index contributed by atoms with van der Waals surface area (Å²) in [5.41, 5.74) is 2.65. The maximum Gasteiger partial charge on any atom is 0.267 e. The van der Waals surface area contributed by atoms with Crippen LogP contribution in [-0.4, -0.2) is 33.0 Å². The number of para-hydroxylation sites is 1. The highest BCUT2D eigenvalue weighted by molar-refractivity contribution is 5.96. The first-order chi connectivity index (χ1) is 12.5. The first kappa shape index (κ1) is 19.1. The number of carbonyl (C=O) groups is 2. The molecule has 1 aromatic carbocycles. The van der Waals surface area contributed by atoms with Crippen molar-refractivity contribution in [1.82, 2.24) is 15.4 Å². The first-order valence-corrected chi connectivity index (χ1v) is 8.06. The van der Waals surface area contributed by atoms with E-state index in [-0.39, 0.29) is 11.8 Å². The standard InChI is InChI=1S/C18H21N5O3/c1-12(2)17(18(25)21-13-6-4-3-5-7-13)22-15-11-19-14(10-20-15)8-9-16(24)23-26/h3-12,17,26H,1-2H3,(H,20,22)(H,21,25)(H,23,24)/t17-/m1/s1. The molecule has 0 aliphatic rings. The summed E-state index contributed by atoms with van der Waals surface area (Å²) in [5.74, 6) is -0.368. The highest BCUT2D eigenvalue weighted by Gasteiger charge is 2.22. The molecule has 0 bridgehead atoms. The molecule has 8 nitrogen and oxygen atoms in total. The third-order valence-electron chi connectivity index (χ3n) is 3.48. The van der Waals surface area contributed by atoms with Gasteiger partial charge in [-0.15, -0.1) is 0 Å². The van der Waals surface area contributed by atoms with Crippen LogP contribution < -0.4 is 16.1 Å². The fourth-order valence-electron chi connectivity index (χ4n) is 2.13. The van der Waals surface area contributed by atoms with Crippen LogP contribution in [0, 0.1) is 5.92 Å². The molecule has 8 heteroatoms. The molecule has 0 spiro atoms. The van der Waals surface area contributed by atoms with Gasteiger partial charge in [0.1, 0.15) is 11.9 Å². The summed E-state index contributed by atoms with van der Waals surface area (Å²) >= 11 is 0. The van der Waals surface area contributed by atoms with E-state index in [0.717, 1.165) is 11.8 Å². The molecule has 1 heterocycles. The molecular formula is C18H21N5O3. The quantitative estimate of drug-likeness (QED) is 0.343. The number of rotatable bonds is 7. The van der Waals surface area contributed by atoms with Crippen LogP contribution in [0.15, 0.2) is 48.8 Å². The highest BCUT2D eigenvalue weighted by Crippen LogP contribution is 2.13.